The van der Waals surface area contributed by atoms with Gasteiger partial charge >= 0.3 is 0 Å². The number of carbonyl (C=O) groups is 1. The zero-order chi connectivity index (χ0) is 14.9. The summed E-state index contributed by atoms with van der Waals surface area (Å²) >= 11 is 0. The Bertz CT molecular complexity index is 988. The zero-order valence-corrected chi connectivity index (χ0v) is 11.7. The first-order chi connectivity index (χ1) is 10.8. The van der Waals surface area contributed by atoms with E-state index < -0.39 is 0 Å². The fraction of sp³-hybridized carbons (Fsp3) is 0. The van der Waals surface area contributed by atoms with Gasteiger partial charge in [0.2, 0.25) is 0 Å². The molecule has 0 aliphatic rings. The van der Waals surface area contributed by atoms with Crippen LogP contribution in [0.15, 0.2) is 67.0 Å². The molecule has 1 amide bonds. The first kappa shape index (κ1) is 12.6. The molecule has 4 rings (SSSR count). The third-order valence-electron chi connectivity index (χ3n) is 3.69. The number of nitrogens with one attached hydrogen (secondary N) is 2. The van der Waals surface area contributed by atoms with E-state index in [-0.39, 0.29) is 5.91 Å². The average Bonchev–Trinajstić information content (AvgIpc) is 3.02. The van der Waals surface area contributed by atoms with Gasteiger partial charge in [-0.25, -0.2) is 4.98 Å². The molecule has 4 heteroatoms. The Morgan fingerprint density at radius 3 is 2.73 bits per heavy atom. The second-order valence-electron chi connectivity index (χ2n) is 5.15. The van der Waals surface area contributed by atoms with Crippen LogP contribution >= 0.6 is 0 Å². The molecule has 1 heterocycles. The second kappa shape index (κ2) is 5.00. The highest BCUT2D eigenvalue weighted by atomic mass is 16.1. The van der Waals surface area contributed by atoms with E-state index >= 15 is 0 Å². The van der Waals surface area contributed by atoms with Gasteiger partial charge in [0.25, 0.3) is 5.91 Å². The number of anilines is 1. The van der Waals surface area contributed by atoms with Crippen molar-refractivity contribution in [1.29, 1.82) is 0 Å². The number of fused-ring (bicyclic) bond motifs is 2. The number of hydrogen-bond donors (Lipinski definition) is 2. The van der Waals surface area contributed by atoms with Crippen molar-refractivity contribution in [2.24, 2.45) is 0 Å². The molecule has 1 aromatic heterocycles. The zero-order valence-electron chi connectivity index (χ0n) is 11.7. The number of amides is 1. The quantitative estimate of drug-likeness (QED) is 0.586. The van der Waals surface area contributed by atoms with E-state index in [1.54, 1.807) is 18.5 Å². The molecule has 22 heavy (non-hydrogen) atoms. The van der Waals surface area contributed by atoms with E-state index in [9.17, 15) is 4.79 Å². The molecule has 4 nitrogen and oxygen atoms in total. The summed E-state index contributed by atoms with van der Waals surface area (Å²) in [5.41, 5.74) is 3.09. The highest BCUT2D eigenvalue weighted by molar-refractivity contribution is 6.06. The van der Waals surface area contributed by atoms with Crippen molar-refractivity contribution in [3.8, 4) is 0 Å². The summed E-state index contributed by atoms with van der Waals surface area (Å²) in [7, 11) is 0. The van der Waals surface area contributed by atoms with Crippen LogP contribution in [-0.4, -0.2) is 15.9 Å². The minimum atomic E-state index is -0.133. The van der Waals surface area contributed by atoms with Crippen LogP contribution in [0.2, 0.25) is 0 Å². The van der Waals surface area contributed by atoms with Gasteiger partial charge in [-0.2, -0.15) is 0 Å². The van der Waals surface area contributed by atoms with Crippen LogP contribution in [0.1, 0.15) is 10.4 Å². The molecule has 0 fully saturated rings. The monoisotopic (exact) mass is 287 g/mol. The molecule has 0 atom stereocenters. The largest absolute Gasteiger partial charge is 0.345 e. The Balaban J connectivity index is 1.64. The molecule has 0 bridgehead atoms. The predicted molar refractivity (Wildman–Crippen MR) is 88.0 cm³/mol. The molecule has 106 valence electrons. The van der Waals surface area contributed by atoms with E-state index in [1.807, 2.05) is 48.5 Å². The minimum Gasteiger partial charge on any atom is -0.345 e. The molecule has 0 aliphatic heterocycles. The first-order valence-electron chi connectivity index (χ1n) is 7.03. The maximum absolute atomic E-state index is 12.4. The van der Waals surface area contributed by atoms with Crippen molar-refractivity contribution in [3.63, 3.8) is 0 Å². The number of H-pyrrole nitrogens is 1. The van der Waals surface area contributed by atoms with E-state index in [2.05, 4.69) is 15.3 Å². The number of aromatic amines is 1. The number of aromatic nitrogens is 2. The van der Waals surface area contributed by atoms with Crippen molar-refractivity contribution in [1.82, 2.24) is 9.97 Å². The molecular formula is C18H13N3O. The Morgan fingerprint density at radius 1 is 0.955 bits per heavy atom. The summed E-state index contributed by atoms with van der Waals surface area (Å²) in [5.74, 6) is -0.133. The van der Waals surface area contributed by atoms with Gasteiger partial charge in [0.15, 0.2) is 0 Å². The maximum Gasteiger partial charge on any atom is 0.255 e. The van der Waals surface area contributed by atoms with Crippen LogP contribution in [0, 0.1) is 0 Å². The van der Waals surface area contributed by atoms with Crippen LogP contribution in [0.25, 0.3) is 21.8 Å². The van der Waals surface area contributed by atoms with Crippen molar-refractivity contribution < 1.29 is 4.79 Å². The van der Waals surface area contributed by atoms with Crippen molar-refractivity contribution in [2.75, 3.05) is 5.32 Å². The molecule has 0 saturated carbocycles. The van der Waals surface area contributed by atoms with Crippen LogP contribution in [0.4, 0.5) is 5.69 Å². The molecule has 0 aliphatic carbocycles. The summed E-state index contributed by atoms with van der Waals surface area (Å²) < 4.78 is 0. The smallest absolute Gasteiger partial charge is 0.255 e. The van der Waals surface area contributed by atoms with Crippen LogP contribution in [-0.2, 0) is 0 Å². The lowest BCUT2D eigenvalue weighted by Gasteiger charge is -2.07. The molecule has 3 aromatic carbocycles. The summed E-state index contributed by atoms with van der Waals surface area (Å²) in [6.45, 7) is 0. The van der Waals surface area contributed by atoms with Gasteiger partial charge in [-0.05, 0) is 41.1 Å². The Labute approximate surface area is 126 Å². The average molecular weight is 287 g/mol. The highest BCUT2D eigenvalue weighted by Gasteiger charge is 2.08. The number of rotatable bonds is 2. The Hall–Kier alpha value is -3.14. The van der Waals surface area contributed by atoms with Gasteiger partial charge in [-0.1, -0.05) is 30.3 Å². The van der Waals surface area contributed by atoms with Gasteiger partial charge in [0.1, 0.15) is 0 Å². The number of imidazole rings is 1. The summed E-state index contributed by atoms with van der Waals surface area (Å²) in [6, 6.07) is 19.4. The summed E-state index contributed by atoms with van der Waals surface area (Å²) in [5, 5.41) is 5.19. The van der Waals surface area contributed by atoms with Gasteiger partial charge in [-0.3, -0.25) is 4.79 Å². The first-order valence-corrected chi connectivity index (χ1v) is 7.03. The van der Waals surface area contributed by atoms with Crippen LogP contribution < -0.4 is 5.32 Å². The molecule has 0 unspecified atom stereocenters. The van der Waals surface area contributed by atoms with Gasteiger partial charge in [-0.15, -0.1) is 0 Å². The molecule has 2 N–H and O–H groups in total. The Morgan fingerprint density at radius 2 is 1.82 bits per heavy atom. The van der Waals surface area contributed by atoms with Gasteiger partial charge < -0.3 is 10.3 Å². The maximum atomic E-state index is 12.4. The van der Waals surface area contributed by atoms with Crippen LogP contribution in [0.5, 0.6) is 0 Å². The summed E-state index contributed by atoms with van der Waals surface area (Å²) in [6.07, 6.45) is 1.62. The fourth-order valence-electron chi connectivity index (χ4n) is 2.55. The lowest BCUT2D eigenvalue weighted by atomic mass is 10.1. The normalized spacial score (nSPS) is 10.9. The highest BCUT2D eigenvalue weighted by Crippen LogP contribution is 2.20. The van der Waals surface area contributed by atoms with E-state index in [0.717, 1.165) is 27.5 Å². The number of carbonyl (C=O) groups excluding carboxylic acids is 1. The fourth-order valence-corrected chi connectivity index (χ4v) is 2.55. The second-order valence-corrected chi connectivity index (χ2v) is 5.15. The van der Waals surface area contributed by atoms with Gasteiger partial charge in [0.05, 0.1) is 17.4 Å². The standard InChI is InChI=1S/C18H13N3O/c22-18(14-6-8-16-17(10-14)20-11-19-16)21-15-7-5-12-3-1-2-4-13(12)9-15/h1-11H,(H,19,20)(H,21,22). The lowest BCUT2D eigenvalue weighted by Crippen LogP contribution is -2.11. The molecular weight excluding hydrogens is 274 g/mol. The minimum absolute atomic E-state index is 0.133. The molecule has 4 aromatic rings. The third-order valence-corrected chi connectivity index (χ3v) is 3.69. The molecule has 0 saturated heterocycles. The van der Waals surface area contributed by atoms with E-state index in [1.165, 1.54) is 0 Å². The number of nitrogens with zero attached hydrogens (tertiary/aromatic N) is 1. The number of hydrogen-bond acceptors (Lipinski definition) is 2. The van der Waals surface area contributed by atoms with Crippen molar-refractivity contribution in [3.05, 3.63) is 72.6 Å². The lowest BCUT2D eigenvalue weighted by molar-refractivity contribution is 0.102. The summed E-state index contributed by atoms with van der Waals surface area (Å²) in [4.78, 5) is 19.5. The predicted octanol–water partition coefficient (Wildman–Crippen LogP) is 3.97. The van der Waals surface area contributed by atoms with Crippen molar-refractivity contribution >= 4 is 33.4 Å². The van der Waals surface area contributed by atoms with E-state index in [4.69, 9.17) is 0 Å². The van der Waals surface area contributed by atoms with Crippen molar-refractivity contribution in [2.45, 2.75) is 0 Å². The van der Waals surface area contributed by atoms with Crippen LogP contribution in [0.3, 0.4) is 0 Å². The van der Waals surface area contributed by atoms with E-state index in [0.29, 0.717) is 5.56 Å². The topological polar surface area (TPSA) is 57.8 Å². The Kier molecular flexibility index (Phi) is 2.86. The molecule has 0 radical (unpaired) electrons. The molecule has 0 spiro atoms. The number of benzene rings is 3. The third kappa shape index (κ3) is 2.20. The SMILES string of the molecule is O=C(Nc1ccc2ccccc2c1)c1ccc2nc[nH]c2c1. The van der Waals surface area contributed by atoms with Gasteiger partial charge in [0, 0.05) is 11.3 Å².